The average Bonchev–Trinajstić information content (AvgIpc) is 2.83. The number of nitrogens with zero attached hydrogens (tertiary/aromatic N) is 3. The summed E-state index contributed by atoms with van der Waals surface area (Å²) in [5.74, 6) is -0.470. The largest absolute Gasteiger partial charge is 0.464 e. The quantitative estimate of drug-likeness (QED) is 0.806. The lowest BCUT2D eigenvalue weighted by Gasteiger charge is -2.07. The van der Waals surface area contributed by atoms with Gasteiger partial charge in [-0.05, 0) is 18.1 Å². The summed E-state index contributed by atoms with van der Waals surface area (Å²) >= 11 is 6.11. The van der Waals surface area contributed by atoms with Gasteiger partial charge >= 0.3 is 5.97 Å². The molecule has 19 heavy (non-hydrogen) atoms. The Morgan fingerprint density at radius 3 is 2.79 bits per heavy atom. The summed E-state index contributed by atoms with van der Waals surface area (Å²) < 4.78 is 6.36. The molecular formula is C13H14ClN3O2. The lowest BCUT2D eigenvalue weighted by Crippen LogP contribution is -2.10. The van der Waals surface area contributed by atoms with E-state index in [1.165, 1.54) is 7.11 Å². The van der Waals surface area contributed by atoms with Crippen LogP contribution in [-0.4, -0.2) is 28.1 Å². The van der Waals surface area contributed by atoms with Gasteiger partial charge in [-0.2, -0.15) is 0 Å². The Kier molecular flexibility index (Phi) is 4.16. The molecule has 6 heteroatoms. The predicted molar refractivity (Wildman–Crippen MR) is 71.3 cm³/mol. The van der Waals surface area contributed by atoms with Crippen LogP contribution in [0.5, 0.6) is 0 Å². The van der Waals surface area contributed by atoms with Crippen LogP contribution in [-0.2, 0) is 17.7 Å². The normalized spacial score (nSPS) is 10.5. The smallest absolute Gasteiger partial charge is 0.360 e. The van der Waals surface area contributed by atoms with Crippen molar-refractivity contribution in [2.24, 2.45) is 0 Å². The van der Waals surface area contributed by atoms with Gasteiger partial charge in [0.05, 0.1) is 19.3 Å². The van der Waals surface area contributed by atoms with Crippen LogP contribution in [0.15, 0.2) is 24.3 Å². The minimum atomic E-state index is -0.470. The van der Waals surface area contributed by atoms with Gasteiger partial charge in [0.25, 0.3) is 0 Å². The zero-order valence-corrected chi connectivity index (χ0v) is 11.5. The number of esters is 1. The zero-order valence-electron chi connectivity index (χ0n) is 10.8. The van der Waals surface area contributed by atoms with E-state index in [0.29, 0.717) is 18.0 Å². The highest BCUT2D eigenvalue weighted by Gasteiger charge is 2.19. The standard InChI is InChI=1S/C13H14ClN3O2/c1-3-11-12(13(18)19-2)15-16-17(11)8-9-6-4-5-7-10(9)14/h4-7H,3,8H2,1-2H3. The van der Waals surface area contributed by atoms with E-state index in [2.05, 4.69) is 15.0 Å². The third-order valence-electron chi connectivity index (χ3n) is 2.83. The van der Waals surface area contributed by atoms with Gasteiger partial charge in [-0.15, -0.1) is 5.10 Å². The van der Waals surface area contributed by atoms with E-state index < -0.39 is 5.97 Å². The first kappa shape index (κ1) is 13.5. The zero-order chi connectivity index (χ0) is 13.8. The molecule has 1 aromatic heterocycles. The number of aromatic nitrogens is 3. The Hall–Kier alpha value is -1.88. The number of carbonyl (C=O) groups excluding carboxylic acids is 1. The SMILES string of the molecule is CCc1c(C(=O)OC)nnn1Cc1ccccc1Cl. The van der Waals surface area contributed by atoms with Crippen molar-refractivity contribution in [2.75, 3.05) is 7.11 Å². The van der Waals surface area contributed by atoms with E-state index in [9.17, 15) is 4.79 Å². The van der Waals surface area contributed by atoms with E-state index >= 15 is 0 Å². The molecule has 0 N–H and O–H groups in total. The lowest BCUT2D eigenvalue weighted by atomic mass is 10.2. The van der Waals surface area contributed by atoms with E-state index in [1.54, 1.807) is 4.68 Å². The summed E-state index contributed by atoms with van der Waals surface area (Å²) in [6, 6.07) is 7.51. The number of rotatable bonds is 4. The van der Waals surface area contributed by atoms with Crippen molar-refractivity contribution < 1.29 is 9.53 Å². The minimum absolute atomic E-state index is 0.261. The van der Waals surface area contributed by atoms with Gasteiger partial charge in [-0.1, -0.05) is 41.9 Å². The summed E-state index contributed by atoms with van der Waals surface area (Å²) in [4.78, 5) is 11.6. The molecule has 1 aromatic carbocycles. The molecule has 0 fully saturated rings. The molecule has 0 unspecified atom stereocenters. The average molecular weight is 280 g/mol. The molecule has 5 nitrogen and oxygen atoms in total. The van der Waals surface area contributed by atoms with Gasteiger partial charge in [0.1, 0.15) is 0 Å². The molecule has 2 aromatic rings. The predicted octanol–water partition coefficient (Wildman–Crippen LogP) is 2.33. The Labute approximate surface area is 116 Å². The summed E-state index contributed by atoms with van der Waals surface area (Å²) in [5.41, 5.74) is 1.93. The van der Waals surface area contributed by atoms with Crippen LogP contribution in [0.2, 0.25) is 5.02 Å². The van der Waals surface area contributed by atoms with Crippen LogP contribution in [0.1, 0.15) is 28.7 Å². The van der Waals surface area contributed by atoms with Crippen molar-refractivity contribution in [3.8, 4) is 0 Å². The maximum Gasteiger partial charge on any atom is 0.360 e. The second kappa shape index (κ2) is 5.84. The van der Waals surface area contributed by atoms with Crippen LogP contribution in [0.25, 0.3) is 0 Å². The molecule has 0 radical (unpaired) electrons. The van der Waals surface area contributed by atoms with Gasteiger partial charge in [0.15, 0.2) is 5.69 Å². The first-order chi connectivity index (χ1) is 9.17. The maximum atomic E-state index is 11.6. The minimum Gasteiger partial charge on any atom is -0.464 e. The van der Waals surface area contributed by atoms with Crippen LogP contribution in [0.3, 0.4) is 0 Å². The molecule has 2 rings (SSSR count). The molecule has 0 amide bonds. The Morgan fingerprint density at radius 2 is 2.16 bits per heavy atom. The van der Waals surface area contributed by atoms with Crippen molar-refractivity contribution in [2.45, 2.75) is 19.9 Å². The molecular weight excluding hydrogens is 266 g/mol. The topological polar surface area (TPSA) is 57.0 Å². The summed E-state index contributed by atoms with van der Waals surface area (Å²) in [7, 11) is 1.33. The molecule has 0 aliphatic rings. The van der Waals surface area contributed by atoms with Gasteiger partial charge < -0.3 is 4.74 Å². The highest BCUT2D eigenvalue weighted by Crippen LogP contribution is 2.17. The fourth-order valence-corrected chi connectivity index (χ4v) is 2.05. The molecule has 0 aliphatic carbocycles. The highest BCUT2D eigenvalue weighted by molar-refractivity contribution is 6.31. The van der Waals surface area contributed by atoms with Crippen LogP contribution in [0.4, 0.5) is 0 Å². The Morgan fingerprint density at radius 1 is 1.42 bits per heavy atom. The fourth-order valence-electron chi connectivity index (χ4n) is 1.85. The number of methoxy groups -OCH3 is 1. The Bertz CT molecular complexity index is 595. The van der Waals surface area contributed by atoms with Gasteiger partial charge in [0, 0.05) is 5.02 Å². The number of ether oxygens (including phenoxy) is 1. The maximum absolute atomic E-state index is 11.6. The molecule has 100 valence electrons. The summed E-state index contributed by atoms with van der Waals surface area (Å²) in [6.07, 6.45) is 0.641. The van der Waals surface area contributed by atoms with Gasteiger partial charge in [-0.3, -0.25) is 0 Å². The van der Waals surface area contributed by atoms with Crippen LogP contribution < -0.4 is 0 Å². The monoisotopic (exact) mass is 279 g/mol. The second-order valence-electron chi connectivity index (χ2n) is 3.98. The summed E-state index contributed by atoms with van der Waals surface area (Å²) in [5, 5.41) is 8.54. The fraction of sp³-hybridized carbons (Fsp3) is 0.308. The second-order valence-corrected chi connectivity index (χ2v) is 4.39. The third-order valence-corrected chi connectivity index (χ3v) is 3.20. The van der Waals surface area contributed by atoms with Crippen molar-refractivity contribution in [1.29, 1.82) is 0 Å². The molecule has 0 saturated carbocycles. The first-order valence-corrected chi connectivity index (χ1v) is 6.29. The third kappa shape index (κ3) is 2.76. The molecule has 0 atom stereocenters. The van der Waals surface area contributed by atoms with Gasteiger partial charge in [-0.25, -0.2) is 9.48 Å². The van der Waals surface area contributed by atoms with Crippen molar-refractivity contribution in [1.82, 2.24) is 15.0 Å². The van der Waals surface area contributed by atoms with Gasteiger partial charge in [0.2, 0.25) is 0 Å². The number of carbonyl (C=O) groups is 1. The highest BCUT2D eigenvalue weighted by atomic mass is 35.5. The molecule has 0 spiro atoms. The summed E-state index contributed by atoms with van der Waals surface area (Å²) in [6.45, 7) is 2.42. The van der Waals surface area contributed by atoms with E-state index in [0.717, 1.165) is 11.3 Å². The van der Waals surface area contributed by atoms with E-state index in [1.807, 2.05) is 31.2 Å². The van der Waals surface area contributed by atoms with Crippen LogP contribution >= 0.6 is 11.6 Å². The van der Waals surface area contributed by atoms with Crippen LogP contribution in [0, 0.1) is 0 Å². The van der Waals surface area contributed by atoms with Crippen molar-refractivity contribution >= 4 is 17.6 Å². The number of hydrogen-bond acceptors (Lipinski definition) is 4. The molecule has 0 bridgehead atoms. The number of benzene rings is 1. The molecule has 1 heterocycles. The number of halogens is 1. The van der Waals surface area contributed by atoms with Crippen molar-refractivity contribution in [3.63, 3.8) is 0 Å². The number of hydrogen-bond donors (Lipinski definition) is 0. The first-order valence-electron chi connectivity index (χ1n) is 5.91. The molecule has 0 aliphatic heterocycles. The van der Waals surface area contributed by atoms with Crippen molar-refractivity contribution in [3.05, 3.63) is 46.2 Å². The van der Waals surface area contributed by atoms with E-state index in [4.69, 9.17) is 11.6 Å². The Balaban J connectivity index is 2.34. The van der Waals surface area contributed by atoms with E-state index in [-0.39, 0.29) is 5.69 Å². The lowest BCUT2D eigenvalue weighted by molar-refractivity contribution is 0.0592. The molecule has 0 saturated heterocycles.